The van der Waals surface area contributed by atoms with Gasteiger partial charge in [-0.05, 0) is 74.8 Å². The number of rotatable bonds is 5. The molecule has 1 spiro atoms. The molecule has 7 heteroatoms. The highest BCUT2D eigenvalue weighted by Crippen LogP contribution is 2.48. The number of likely N-dealkylation sites (tertiary alicyclic amines) is 1. The van der Waals surface area contributed by atoms with Crippen LogP contribution in [0, 0.1) is 17.3 Å². The molecule has 2 saturated heterocycles. The van der Waals surface area contributed by atoms with Crippen LogP contribution in [0.25, 0.3) is 0 Å². The standard InChI is InChI=1S/C31H40ClF2N3O/c1-2-8-28(32)36-25-12-7-14-30(19-25)21-35-20-26(30)29(38)37-16-13-23(22-9-4-3-5-10-22)17-27(37)24-11-6-15-31(33,34)18-24/h2-5,8-10,23-24,26-27,35H,1,6-7,11-21H2/b28-8-,36-25-/t23-,24?,26+,27?,30-/m1/s1. The zero-order chi connectivity index (χ0) is 26.8. The molecule has 2 unspecified atom stereocenters. The molecule has 5 atom stereocenters. The topological polar surface area (TPSA) is 44.7 Å². The molecular formula is C31H40ClF2N3O. The number of carbonyl (C=O) groups is 1. The Hall–Kier alpha value is -2.05. The predicted molar refractivity (Wildman–Crippen MR) is 150 cm³/mol. The molecule has 38 heavy (non-hydrogen) atoms. The van der Waals surface area contributed by atoms with Crippen LogP contribution in [-0.4, -0.2) is 48.1 Å². The minimum Gasteiger partial charge on any atom is -0.339 e. The van der Waals surface area contributed by atoms with Crippen LogP contribution in [0.15, 0.2) is 59.2 Å². The van der Waals surface area contributed by atoms with Crippen LogP contribution in [0.2, 0.25) is 0 Å². The normalized spacial score (nSPS) is 35.0. The lowest BCUT2D eigenvalue weighted by Crippen LogP contribution is -2.55. The van der Waals surface area contributed by atoms with Crippen LogP contribution in [-0.2, 0) is 4.79 Å². The van der Waals surface area contributed by atoms with Gasteiger partial charge in [0.25, 0.3) is 0 Å². The molecule has 1 N–H and O–H groups in total. The van der Waals surface area contributed by atoms with Crippen molar-refractivity contribution in [3.05, 3.63) is 59.8 Å². The third-order valence-electron chi connectivity index (χ3n) is 9.50. The van der Waals surface area contributed by atoms with E-state index in [0.29, 0.717) is 30.6 Å². The van der Waals surface area contributed by atoms with Gasteiger partial charge in [0.05, 0.1) is 5.92 Å². The number of carbonyl (C=O) groups excluding carboxylic acids is 1. The van der Waals surface area contributed by atoms with Gasteiger partial charge in [-0.25, -0.2) is 13.8 Å². The first-order valence-electron chi connectivity index (χ1n) is 14.3. The Morgan fingerprint density at radius 1 is 1.18 bits per heavy atom. The summed E-state index contributed by atoms with van der Waals surface area (Å²) < 4.78 is 29.2. The van der Waals surface area contributed by atoms with Crippen molar-refractivity contribution in [3.8, 4) is 0 Å². The quantitative estimate of drug-likeness (QED) is 0.319. The molecule has 1 aromatic rings. The number of aliphatic imine (C=N–C) groups is 1. The third kappa shape index (κ3) is 5.91. The van der Waals surface area contributed by atoms with Gasteiger partial charge < -0.3 is 10.2 Å². The van der Waals surface area contributed by atoms with Gasteiger partial charge in [0.1, 0.15) is 5.16 Å². The van der Waals surface area contributed by atoms with Gasteiger partial charge in [-0.15, -0.1) is 0 Å². The van der Waals surface area contributed by atoms with Gasteiger partial charge in [0.15, 0.2) is 0 Å². The Morgan fingerprint density at radius 3 is 2.76 bits per heavy atom. The molecule has 1 aromatic carbocycles. The monoisotopic (exact) mass is 543 g/mol. The lowest BCUT2D eigenvalue weighted by Gasteiger charge is -2.48. The first-order chi connectivity index (χ1) is 18.3. The molecule has 0 bridgehead atoms. The lowest BCUT2D eigenvalue weighted by molar-refractivity contribution is -0.147. The van der Waals surface area contributed by atoms with E-state index in [9.17, 15) is 13.6 Å². The number of piperidine rings is 1. The van der Waals surface area contributed by atoms with Gasteiger partial charge in [0, 0.05) is 49.6 Å². The number of hydrogen-bond acceptors (Lipinski definition) is 3. The van der Waals surface area contributed by atoms with Crippen molar-refractivity contribution in [3.63, 3.8) is 0 Å². The van der Waals surface area contributed by atoms with E-state index >= 15 is 0 Å². The first-order valence-corrected chi connectivity index (χ1v) is 14.7. The zero-order valence-corrected chi connectivity index (χ0v) is 22.9. The maximum atomic E-state index is 14.6. The number of allylic oxidation sites excluding steroid dienone is 2. The summed E-state index contributed by atoms with van der Waals surface area (Å²) in [4.78, 5) is 21.0. The fourth-order valence-corrected chi connectivity index (χ4v) is 7.91. The van der Waals surface area contributed by atoms with Crippen LogP contribution in [0.1, 0.15) is 75.7 Å². The van der Waals surface area contributed by atoms with Crippen LogP contribution in [0.3, 0.4) is 0 Å². The Kier molecular flexibility index (Phi) is 8.39. The number of alkyl halides is 2. The van der Waals surface area contributed by atoms with Crippen LogP contribution < -0.4 is 5.32 Å². The highest BCUT2D eigenvalue weighted by molar-refractivity contribution is 6.30. The minimum absolute atomic E-state index is 0.0348. The van der Waals surface area contributed by atoms with E-state index in [2.05, 4.69) is 29.0 Å². The number of nitrogens with one attached hydrogen (secondary N) is 1. The van der Waals surface area contributed by atoms with Crippen molar-refractivity contribution in [1.82, 2.24) is 10.2 Å². The number of halogens is 3. The molecule has 2 heterocycles. The molecular weight excluding hydrogens is 504 g/mol. The number of hydrogen-bond donors (Lipinski definition) is 1. The van der Waals surface area contributed by atoms with E-state index in [1.807, 2.05) is 23.1 Å². The fraction of sp³-hybridized carbons (Fsp3) is 0.613. The van der Waals surface area contributed by atoms with Crippen molar-refractivity contribution in [2.24, 2.45) is 22.2 Å². The van der Waals surface area contributed by atoms with Gasteiger partial charge in [-0.1, -0.05) is 54.6 Å². The average molecular weight is 544 g/mol. The minimum atomic E-state index is -2.64. The lowest BCUT2D eigenvalue weighted by atomic mass is 9.66. The van der Waals surface area contributed by atoms with Gasteiger partial charge in [-0.3, -0.25) is 4.79 Å². The number of amides is 1. The average Bonchev–Trinajstić information content (AvgIpc) is 3.30. The molecule has 4 nitrogen and oxygen atoms in total. The van der Waals surface area contributed by atoms with E-state index in [1.165, 1.54) is 5.56 Å². The van der Waals surface area contributed by atoms with Crippen molar-refractivity contribution in [2.75, 3.05) is 19.6 Å². The number of nitrogens with zero attached hydrogens (tertiary/aromatic N) is 2. The second-order valence-corrected chi connectivity index (χ2v) is 12.3. The molecule has 0 aromatic heterocycles. The summed E-state index contributed by atoms with van der Waals surface area (Å²) in [6, 6.07) is 10.2. The molecule has 4 aliphatic rings. The summed E-state index contributed by atoms with van der Waals surface area (Å²) in [5.41, 5.74) is 2.09. The van der Waals surface area contributed by atoms with E-state index in [1.54, 1.807) is 12.2 Å². The fourth-order valence-electron chi connectivity index (χ4n) is 7.70. The smallest absolute Gasteiger partial charge is 0.248 e. The molecule has 4 fully saturated rings. The highest BCUT2D eigenvalue weighted by atomic mass is 35.5. The third-order valence-corrected chi connectivity index (χ3v) is 9.71. The van der Waals surface area contributed by atoms with Gasteiger partial charge >= 0.3 is 0 Å². The van der Waals surface area contributed by atoms with Crippen molar-refractivity contribution in [2.45, 2.75) is 82.1 Å². The Balaban J connectivity index is 1.40. The molecule has 206 valence electrons. The highest BCUT2D eigenvalue weighted by Gasteiger charge is 2.52. The Bertz CT molecular complexity index is 1070. The first kappa shape index (κ1) is 27.5. The van der Waals surface area contributed by atoms with E-state index < -0.39 is 5.92 Å². The second-order valence-electron chi connectivity index (χ2n) is 11.9. The van der Waals surface area contributed by atoms with E-state index in [-0.39, 0.29) is 42.0 Å². The summed E-state index contributed by atoms with van der Waals surface area (Å²) in [5.74, 6) is -2.53. The Morgan fingerprint density at radius 2 is 2.00 bits per heavy atom. The molecule has 5 rings (SSSR count). The van der Waals surface area contributed by atoms with Crippen molar-refractivity contribution >= 4 is 23.2 Å². The maximum Gasteiger partial charge on any atom is 0.248 e. The summed E-state index contributed by atoms with van der Waals surface area (Å²) in [6.07, 6.45) is 9.65. The van der Waals surface area contributed by atoms with E-state index in [4.69, 9.17) is 11.6 Å². The maximum absolute atomic E-state index is 14.6. The summed E-state index contributed by atoms with van der Waals surface area (Å²) in [7, 11) is 0. The summed E-state index contributed by atoms with van der Waals surface area (Å²) in [5, 5.41) is 3.93. The molecule has 2 aliphatic heterocycles. The zero-order valence-electron chi connectivity index (χ0n) is 22.2. The van der Waals surface area contributed by atoms with Gasteiger partial charge in [0.2, 0.25) is 11.8 Å². The van der Waals surface area contributed by atoms with Crippen LogP contribution in [0.5, 0.6) is 0 Å². The Labute approximate surface area is 230 Å². The SMILES string of the molecule is C=C/C=C(Cl)\N=C1\CCC[C@]2(CNC[C@H]2C(=O)N2CC[C@@H](c3ccccc3)CC2C2CCCC(F)(F)C2)C1. The molecule has 1 amide bonds. The summed E-state index contributed by atoms with van der Waals surface area (Å²) in [6.45, 7) is 5.73. The van der Waals surface area contributed by atoms with Crippen LogP contribution >= 0.6 is 11.6 Å². The van der Waals surface area contributed by atoms with Crippen molar-refractivity contribution in [1.29, 1.82) is 0 Å². The van der Waals surface area contributed by atoms with Gasteiger partial charge in [-0.2, -0.15) is 0 Å². The molecule has 2 saturated carbocycles. The second kappa shape index (κ2) is 11.6. The number of benzene rings is 1. The van der Waals surface area contributed by atoms with Crippen molar-refractivity contribution < 1.29 is 13.6 Å². The molecule has 2 aliphatic carbocycles. The largest absolute Gasteiger partial charge is 0.339 e. The molecule has 0 radical (unpaired) electrons. The van der Waals surface area contributed by atoms with Crippen LogP contribution in [0.4, 0.5) is 8.78 Å². The predicted octanol–water partition coefficient (Wildman–Crippen LogP) is 7.07. The van der Waals surface area contributed by atoms with E-state index in [0.717, 1.165) is 57.2 Å². The summed E-state index contributed by atoms with van der Waals surface area (Å²) >= 11 is 6.27.